The standard InChI is InChI=1S/C10H11F3N2O3S/c1-18-7-5-15(6-7)19(16,17)8-2-3-9(14-4-8)10(11,12)13/h2-4,7H,5-6H2,1H3. The van der Waals surface area contributed by atoms with Crippen molar-refractivity contribution in [3.8, 4) is 0 Å². The van der Waals surface area contributed by atoms with Gasteiger partial charge in [0.25, 0.3) is 0 Å². The summed E-state index contributed by atoms with van der Waals surface area (Å²) in [6.45, 7) is 0.389. The van der Waals surface area contributed by atoms with E-state index < -0.39 is 21.9 Å². The molecule has 2 heterocycles. The number of pyridine rings is 1. The maximum absolute atomic E-state index is 12.3. The maximum Gasteiger partial charge on any atom is 0.433 e. The Hall–Kier alpha value is -1.19. The van der Waals surface area contributed by atoms with Gasteiger partial charge in [0.2, 0.25) is 10.0 Å². The van der Waals surface area contributed by atoms with Crippen molar-refractivity contribution < 1.29 is 26.3 Å². The summed E-state index contributed by atoms with van der Waals surface area (Å²) in [5, 5.41) is 0. The van der Waals surface area contributed by atoms with E-state index in [1.807, 2.05) is 0 Å². The fraction of sp³-hybridized carbons (Fsp3) is 0.500. The van der Waals surface area contributed by atoms with Gasteiger partial charge >= 0.3 is 6.18 Å². The van der Waals surface area contributed by atoms with Gasteiger partial charge in [-0.05, 0) is 12.1 Å². The second-order valence-corrected chi connectivity index (χ2v) is 5.99. The number of rotatable bonds is 3. The van der Waals surface area contributed by atoms with Gasteiger partial charge in [-0.1, -0.05) is 0 Å². The van der Waals surface area contributed by atoms with Crippen LogP contribution in [0.25, 0.3) is 0 Å². The van der Waals surface area contributed by atoms with Gasteiger partial charge in [-0.25, -0.2) is 8.42 Å². The largest absolute Gasteiger partial charge is 0.433 e. The van der Waals surface area contributed by atoms with Crippen LogP contribution in [-0.4, -0.2) is 44.0 Å². The molecule has 0 radical (unpaired) electrons. The summed E-state index contributed by atoms with van der Waals surface area (Å²) >= 11 is 0. The van der Waals surface area contributed by atoms with Crippen molar-refractivity contribution in [2.45, 2.75) is 17.2 Å². The first kappa shape index (κ1) is 14.2. The predicted octanol–water partition coefficient (Wildman–Crippen LogP) is 1.12. The number of sulfonamides is 1. The highest BCUT2D eigenvalue weighted by atomic mass is 32.2. The molecule has 1 aliphatic rings. The molecule has 1 aromatic heterocycles. The summed E-state index contributed by atoms with van der Waals surface area (Å²) in [5.41, 5.74) is -1.12. The van der Waals surface area contributed by atoms with Gasteiger partial charge in [0.15, 0.2) is 0 Å². The van der Waals surface area contributed by atoms with E-state index in [-0.39, 0.29) is 24.1 Å². The zero-order valence-electron chi connectivity index (χ0n) is 9.88. The molecule has 1 aromatic rings. The van der Waals surface area contributed by atoms with E-state index in [2.05, 4.69) is 4.98 Å². The van der Waals surface area contributed by atoms with E-state index >= 15 is 0 Å². The molecule has 5 nitrogen and oxygen atoms in total. The van der Waals surface area contributed by atoms with Gasteiger partial charge < -0.3 is 4.74 Å². The van der Waals surface area contributed by atoms with Crippen molar-refractivity contribution >= 4 is 10.0 Å². The Morgan fingerprint density at radius 1 is 1.37 bits per heavy atom. The average molecular weight is 296 g/mol. The molecular formula is C10H11F3N2O3S. The topological polar surface area (TPSA) is 59.5 Å². The monoisotopic (exact) mass is 296 g/mol. The van der Waals surface area contributed by atoms with Crippen molar-refractivity contribution in [1.29, 1.82) is 0 Å². The molecule has 1 fully saturated rings. The Balaban J connectivity index is 2.18. The van der Waals surface area contributed by atoms with Crippen LogP contribution in [0.15, 0.2) is 23.2 Å². The number of hydrogen-bond donors (Lipinski definition) is 0. The lowest BCUT2D eigenvalue weighted by Gasteiger charge is -2.36. The number of nitrogens with zero attached hydrogens (tertiary/aromatic N) is 2. The first-order valence-corrected chi connectivity index (χ1v) is 6.75. The highest BCUT2D eigenvalue weighted by Crippen LogP contribution is 2.29. The minimum absolute atomic E-state index is 0.169. The van der Waals surface area contributed by atoms with Crippen LogP contribution in [0.5, 0.6) is 0 Å². The number of aromatic nitrogens is 1. The minimum Gasteiger partial charge on any atom is -0.379 e. The second-order valence-electron chi connectivity index (χ2n) is 4.06. The van der Waals surface area contributed by atoms with Crippen molar-refractivity contribution in [2.24, 2.45) is 0 Å². The van der Waals surface area contributed by atoms with Crippen molar-refractivity contribution in [2.75, 3.05) is 20.2 Å². The van der Waals surface area contributed by atoms with Gasteiger partial charge in [-0.2, -0.15) is 17.5 Å². The molecule has 0 N–H and O–H groups in total. The Bertz CT molecular complexity index is 550. The third kappa shape index (κ3) is 2.72. The average Bonchev–Trinajstić information content (AvgIpc) is 2.26. The van der Waals surface area contributed by atoms with Crippen LogP contribution in [0.4, 0.5) is 13.2 Å². The number of methoxy groups -OCH3 is 1. The van der Waals surface area contributed by atoms with Crippen LogP contribution >= 0.6 is 0 Å². The Morgan fingerprint density at radius 2 is 2.00 bits per heavy atom. The molecule has 0 amide bonds. The van der Waals surface area contributed by atoms with Crippen LogP contribution in [0.3, 0.4) is 0 Å². The molecule has 2 rings (SSSR count). The van der Waals surface area contributed by atoms with E-state index in [1.165, 1.54) is 7.11 Å². The summed E-state index contributed by atoms with van der Waals surface area (Å²) in [4.78, 5) is 2.88. The summed E-state index contributed by atoms with van der Waals surface area (Å²) < 4.78 is 67.0. The fourth-order valence-corrected chi connectivity index (χ4v) is 3.04. The summed E-state index contributed by atoms with van der Waals surface area (Å²) in [7, 11) is -2.32. The minimum atomic E-state index is -4.58. The van der Waals surface area contributed by atoms with E-state index in [1.54, 1.807) is 0 Å². The second kappa shape index (κ2) is 4.73. The molecule has 1 aliphatic heterocycles. The molecule has 0 bridgehead atoms. The zero-order valence-corrected chi connectivity index (χ0v) is 10.7. The zero-order chi connectivity index (χ0) is 14.3. The lowest BCUT2D eigenvalue weighted by Crippen LogP contribution is -2.54. The summed E-state index contributed by atoms with van der Waals surface area (Å²) in [5.74, 6) is 0. The fourth-order valence-electron chi connectivity index (χ4n) is 1.60. The molecule has 0 aliphatic carbocycles. The molecular weight excluding hydrogens is 285 g/mol. The maximum atomic E-state index is 12.3. The van der Waals surface area contributed by atoms with Crippen LogP contribution in [0, 0.1) is 0 Å². The van der Waals surface area contributed by atoms with Gasteiger partial charge in [0, 0.05) is 26.4 Å². The third-order valence-electron chi connectivity index (χ3n) is 2.81. The Labute approximate surface area is 108 Å². The molecule has 0 spiro atoms. The predicted molar refractivity (Wildman–Crippen MR) is 58.8 cm³/mol. The first-order valence-electron chi connectivity index (χ1n) is 5.31. The summed E-state index contributed by atoms with van der Waals surface area (Å²) in [6.07, 6.45) is -4.03. The molecule has 0 aromatic carbocycles. The SMILES string of the molecule is COC1CN(S(=O)(=O)c2ccc(C(F)(F)F)nc2)C1. The van der Waals surface area contributed by atoms with Gasteiger partial charge in [0.05, 0.1) is 6.10 Å². The lowest BCUT2D eigenvalue weighted by atomic mass is 10.2. The van der Waals surface area contributed by atoms with E-state index in [4.69, 9.17) is 4.74 Å². The number of halogens is 3. The van der Waals surface area contributed by atoms with Crippen LogP contribution in [0.2, 0.25) is 0 Å². The van der Waals surface area contributed by atoms with E-state index in [9.17, 15) is 21.6 Å². The summed E-state index contributed by atoms with van der Waals surface area (Å²) in [6, 6.07) is 1.56. The molecule has 1 saturated heterocycles. The van der Waals surface area contributed by atoms with Crippen LogP contribution < -0.4 is 0 Å². The van der Waals surface area contributed by atoms with Gasteiger partial charge in [0.1, 0.15) is 10.6 Å². The molecule has 0 unspecified atom stereocenters. The molecule has 106 valence electrons. The lowest BCUT2D eigenvalue weighted by molar-refractivity contribution is -0.141. The number of hydrogen-bond acceptors (Lipinski definition) is 4. The van der Waals surface area contributed by atoms with Gasteiger partial charge in [-0.15, -0.1) is 0 Å². The van der Waals surface area contributed by atoms with E-state index in [0.717, 1.165) is 16.6 Å². The number of alkyl halides is 3. The highest BCUT2D eigenvalue weighted by Gasteiger charge is 2.38. The quantitative estimate of drug-likeness (QED) is 0.838. The Morgan fingerprint density at radius 3 is 2.42 bits per heavy atom. The molecule has 0 saturated carbocycles. The first-order chi connectivity index (χ1) is 8.75. The molecule has 19 heavy (non-hydrogen) atoms. The van der Waals surface area contributed by atoms with Crippen molar-refractivity contribution in [1.82, 2.24) is 9.29 Å². The number of ether oxygens (including phenoxy) is 1. The van der Waals surface area contributed by atoms with Crippen molar-refractivity contribution in [3.63, 3.8) is 0 Å². The van der Waals surface area contributed by atoms with Crippen molar-refractivity contribution in [3.05, 3.63) is 24.0 Å². The Kier molecular flexibility index (Phi) is 3.54. The normalized spacial score (nSPS) is 18.3. The molecule has 0 atom stereocenters. The van der Waals surface area contributed by atoms with Crippen LogP contribution in [0.1, 0.15) is 5.69 Å². The molecule has 9 heteroatoms. The van der Waals surface area contributed by atoms with E-state index in [0.29, 0.717) is 6.07 Å². The van der Waals surface area contributed by atoms with Gasteiger partial charge in [-0.3, -0.25) is 4.98 Å². The third-order valence-corrected chi connectivity index (χ3v) is 4.63. The van der Waals surface area contributed by atoms with Crippen LogP contribution in [-0.2, 0) is 20.9 Å². The highest BCUT2D eigenvalue weighted by molar-refractivity contribution is 7.89. The smallest absolute Gasteiger partial charge is 0.379 e.